The molecule has 0 fully saturated rings. The Labute approximate surface area is 119 Å². The van der Waals surface area contributed by atoms with Crippen LogP contribution in [-0.2, 0) is 4.79 Å². The van der Waals surface area contributed by atoms with Crippen molar-refractivity contribution < 1.29 is 14.6 Å². The molecule has 1 atom stereocenters. The summed E-state index contributed by atoms with van der Waals surface area (Å²) >= 11 is 0. The second-order valence-electron chi connectivity index (χ2n) is 4.96. The summed E-state index contributed by atoms with van der Waals surface area (Å²) in [6.07, 6.45) is 1.82. The van der Waals surface area contributed by atoms with Crippen molar-refractivity contribution in [2.24, 2.45) is 0 Å². The third kappa shape index (κ3) is 3.63. The number of fused-ring (bicyclic) bond motifs is 1. The van der Waals surface area contributed by atoms with E-state index in [1.807, 2.05) is 31.2 Å². The maximum Gasteiger partial charge on any atom is 0.322 e. The number of nitrogens with one attached hydrogen (secondary N) is 1. The normalized spacial score (nSPS) is 15.9. The largest absolute Gasteiger partial charge is 0.491 e. The second-order valence-corrected chi connectivity index (χ2v) is 4.96. The molecule has 2 N–H and O–H groups in total. The molecule has 0 aromatic heterocycles. The zero-order valence-corrected chi connectivity index (χ0v) is 11.8. The Morgan fingerprint density at radius 2 is 2.30 bits per heavy atom. The van der Waals surface area contributed by atoms with E-state index in [4.69, 9.17) is 4.74 Å². The summed E-state index contributed by atoms with van der Waals surface area (Å²) in [6, 6.07) is 7.26. The third-order valence-corrected chi connectivity index (χ3v) is 3.38. The average molecular weight is 278 g/mol. The van der Waals surface area contributed by atoms with Gasteiger partial charge < -0.3 is 20.1 Å². The number of rotatable bonds is 6. The lowest BCUT2D eigenvalue weighted by Crippen LogP contribution is -2.46. The van der Waals surface area contributed by atoms with Gasteiger partial charge in [0.05, 0.1) is 12.3 Å². The van der Waals surface area contributed by atoms with E-state index in [-0.39, 0.29) is 0 Å². The molecular formula is C15H22N2O3. The van der Waals surface area contributed by atoms with E-state index >= 15 is 0 Å². The second kappa shape index (κ2) is 7.14. The monoisotopic (exact) mass is 278 g/mol. The van der Waals surface area contributed by atoms with Crippen molar-refractivity contribution in [2.45, 2.75) is 25.8 Å². The highest BCUT2D eigenvalue weighted by molar-refractivity contribution is 5.75. The van der Waals surface area contributed by atoms with E-state index in [1.165, 1.54) is 0 Å². The number of anilines is 1. The first-order chi connectivity index (χ1) is 9.72. The molecule has 0 saturated heterocycles. The molecule has 110 valence electrons. The molecule has 5 nitrogen and oxygen atoms in total. The van der Waals surface area contributed by atoms with Crippen LogP contribution >= 0.6 is 0 Å². The van der Waals surface area contributed by atoms with Crippen LogP contribution in [0.15, 0.2) is 24.3 Å². The molecule has 0 saturated carbocycles. The van der Waals surface area contributed by atoms with Crippen LogP contribution in [0.3, 0.4) is 0 Å². The predicted octanol–water partition coefficient (Wildman–Crippen LogP) is 1.73. The van der Waals surface area contributed by atoms with Gasteiger partial charge in [0.2, 0.25) is 0 Å². The highest BCUT2D eigenvalue weighted by atomic mass is 16.5. The summed E-state index contributed by atoms with van der Waals surface area (Å²) < 4.78 is 5.69. The van der Waals surface area contributed by atoms with Crippen LogP contribution < -0.4 is 15.0 Å². The molecule has 0 amide bonds. The lowest BCUT2D eigenvalue weighted by Gasteiger charge is -2.27. The quantitative estimate of drug-likeness (QED) is 0.830. The summed E-state index contributed by atoms with van der Waals surface area (Å²) in [6.45, 7) is 4.68. The average Bonchev–Trinajstić information content (AvgIpc) is 2.65. The first kappa shape index (κ1) is 14.7. The van der Waals surface area contributed by atoms with Gasteiger partial charge in [0, 0.05) is 13.1 Å². The minimum atomic E-state index is -0.805. The number of nitrogens with zero attached hydrogens (tertiary/aromatic N) is 1. The van der Waals surface area contributed by atoms with Crippen LogP contribution in [0.2, 0.25) is 0 Å². The summed E-state index contributed by atoms with van der Waals surface area (Å²) in [4.78, 5) is 13.5. The Bertz CT molecular complexity index is 450. The van der Waals surface area contributed by atoms with Crippen LogP contribution in [0.1, 0.15) is 19.8 Å². The maximum atomic E-state index is 11.4. The van der Waals surface area contributed by atoms with Gasteiger partial charge in [-0.25, -0.2) is 0 Å². The van der Waals surface area contributed by atoms with Crippen molar-refractivity contribution in [3.05, 3.63) is 24.3 Å². The molecule has 0 aliphatic carbocycles. The summed E-state index contributed by atoms with van der Waals surface area (Å²) in [5.74, 6) is 0.0331. The highest BCUT2D eigenvalue weighted by Gasteiger charge is 2.23. The molecule has 0 spiro atoms. The minimum absolute atomic E-state index is 0.454. The zero-order valence-electron chi connectivity index (χ0n) is 11.8. The van der Waals surface area contributed by atoms with Gasteiger partial charge in [-0.15, -0.1) is 0 Å². The van der Waals surface area contributed by atoms with E-state index in [0.717, 1.165) is 30.8 Å². The number of hydrogen-bond donors (Lipinski definition) is 2. The number of benzene rings is 1. The van der Waals surface area contributed by atoms with Gasteiger partial charge in [0.1, 0.15) is 11.8 Å². The Hall–Kier alpha value is -1.75. The Kier molecular flexibility index (Phi) is 5.24. The van der Waals surface area contributed by atoms with Gasteiger partial charge in [-0.05, 0) is 31.5 Å². The lowest BCUT2D eigenvalue weighted by atomic mass is 10.2. The van der Waals surface area contributed by atoms with Crippen molar-refractivity contribution in [1.29, 1.82) is 0 Å². The summed E-state index contributed by atoms with van der Waals surface area (Å²) in [5.41, 5.74) is 0.981. The number of carbonyl (C=O) groups is 1. The van der Waals surface area contributed by atoms with Crippen LogP contribution in [0.4, 0.5) is 5.69 Å². The van der Waals surface area contributed by atoms with Gasteiger partial charge in [0.15, 0.2) is 0 Å². The third-order valence-electron chi connectivity index (χ3n) is 3.38. The van der Waals surface area contributed by atoms with Crippen LogP contribution in [-0.4, -0.2) is 43.4 Å². The van der Waals surface area contributed by atoms with Crippen molar-refractivity contribution in [3.63, 3.8) is 0 Å². The molecule has 1 unspecified atom stereocenters. The van der Waals surface area contributed by atoms with E-state index < -0.39 is 12.0 Å². The molecule has 0 bridgehead atoms. The van der Waals surface area contributed by atoms with E-state index in [2.05, 4.69) is 10.2 Å². The summed E-state index contributed by atoms with van der Waals surface area (Å²) in [5, 5.41) is 12.4. The van der Waals surface area contributed by atoms with Crippen molar-refractivity contribution in [1.82, 2.24) is 5.32 Å². The van der Waals surface area contributed by atoms with E-state index in [9.17, 15) is 9.90 Å². The smallest absolute Gasteiger partial charge is 0.322 e. The lowest BCUT2D eigenvalue weighted by molar-refractivity contribution is -0.139. The van der Waals surface area contributed by atoms with E-state index in [0.29, 0.717) is 19.7 Å². The number of para-hydroxylation sites is 2. The van der Waals surface area contributed by atoms with Crippen LogP contribution in [0, 0.1) is 0 Å². The first-order valence-electron chi connectivity index (χ1n) is 7.15. The van der Waals surface area contributed by atoms with Crippen molar-refractivity contribution in [3.8, 4) is 5.75 Å². The molecule has 1 aliphatic heterocycles. The Morgan fingerprint density at radius 3 is 3.05 bits per heavy atom. The molecule has 1 heterocycles. The molecule has 1 aromatic rings. The Balaban J connectivity index is 2.12. The van der Waals surface area contributed by atoms with Gasteiger partial charge in [-0.3, -0.25) is 4.79 Å². The van der Waals surface area contributed by atoms with Gasteiger partial charge in [-0.1, -0.05) is 19.1 Å². The SMILES string of the molecule is CCCNC(CN1CCCOc2ccccc21)C(=O)O. The molecule has 20 heavy (non-hydrogen) atoms. The number of carboxylic acid groups (broad SMARTS) is 1. The van der Waals surface area contributed by atoms with Gasteiger partial charge >= 0.3 is 5.97 Å². The number of carboxylic acids is 1. The topological polar surface area (TPSA) is 61.8 Å². The van der Waals surface area contributed by atoms with Crippen molar-refractivity contribution in [2.75, 3.05) is 31.1 Å². The van der Waals surface area contributed by atoms with Crippen molar-refractivity contribution >= 4 is 11.7 Å². The maximum absolute atomic E-state index is 11.4. The number of ether oxygens (including phenoxy) is 1. The van der Waals surface area contributed by atoms with Crippen LogP contribution in [0.5, 0.6) is 5.75 Å². The zero-order chi connectivity index (χ0) is 14.4. The molecule has 5 heteroatoms. The minimum Gasteiger partial charge on any atom is -0.491 e. The number of hydrogen-bond acceptors (Lipinski definition) is 4. The standard InChI is InChI=1S/C15H22N2O3/c1-2-8-16-12(15(18)19)11-17-9-5-10-20-14-7-4-3-6-13(14)17/h3-4,6-7,12,16H,2,5,8-11H2,1H3,(H,18,19). The Morgan fingerprint density at radius 1 is 1.50 bits per heavy atom. The highest BCUT2D eigenvalue weighted by Crippen LogP contribution is 2.30. The summed E-state index contributed by atoms with van der Waals surface area (Å²) in [7, 11) is 0. The molecular weight excluding hydrogens is 256 g/mol. The fourth-order valence-corrected chi connectivity index (χ4v) is 2.36. The van der Waals surface area contributed by atoms with Gasteiger partial charge in [-0.2, -0.15) is 0 Å². The fraction of sp³-hybridized carbons (Fsp3) is 0.533. The first-order valence-corrected chi connectivity index (χ1v) is 7.15. The molecule has 1 aliphatic rings. The number of aliphatic carboxylic acids is 1. The molecule has 0 radical (unpaired) electrons. The predicted molar refractivity (Wildman–Crippen MR) is 78.5 cm³/mol. The molecule has 1 aromatic carbocycles. The fourth-order valence-electron chi connectivity index (χ4n) is 2.36. The van der Waals surface area contributed by atoms with E-state index in [1.54, 1.807) is 0 Å². The van der Waals surface area contributed by atoms with Gasteiger partial charge in [0.25, 0.3) is 0 Å². The molecule has 2 rings (SSSR count). The van der Waals surface area contributed by atoms with Crippen LogP contribution in [0.25, 0.3) is 0 Å².